The van der Waals surface area contributed by atoms with E-state index in [1.807, 2.05) is 36.4 Å². The van der Waals surface area contributed by atoms with Crippen molar-refractivity contribution in [3.8, 4) is 22.8 Å². The number of hydrazone groups is 1. The molecule has 0 aliphatic carbocycles. The van der Waals surface area contributed by atoms with Crippen LogP contribution in [0.25, 0.3) is 22.1 Å². The SMILES string of the molecule is O=C(N/N=C\c1ccc(-c2cc(Cl)c(Cl)cc2Cl)o1)C1COc2cc3ccccc3cc2O1. The average molecular weight is 502 g/mol. The number of benzene rings is 3. The second kappa shape index (κ2) is 8.98. The van der Waals surface area contributed by atoms with Crippen LogP contribution in [0.2, 0.25) is 15.1 Å². The van der Waals surface area contributed by atoms with Gasteiger partial charge in [-0.3, -0.25) is 4.79 Å². The molecule has 1 atom stereocenters. The van der Waals surface area contributed by atoms with Crippen LogP contribution in [0.1, 0.15) is 5.76 Å². The van der Waals surface area contributed by atoms with Crippen molar-refractivity contribution in [3.63, 3.8) is 0 Å². The smallest absolute Gasteiger partial charge is 0.284 e. The van der Waals surface area contributed by atoms with Crippen LogP contribution in [-0.4, -0.2) is 24.8 Å². The highest BCUT2D eigenvalue weighted by molar-refractivity contribution is 6.44. The highest BCUT2D eigenvalue weighted by Gasteiger charge is 2.27. The molecule has 4 aromatic rings. The number of carbonyl (C=O) groups is 1. The van der Waals surface area contributed by atoms with Crippen LogP contribution in [-0.2, 0) is 4.79 Å². The van der Waals surface area contributed by atoms with Crippen LogP contribution < -0.4 is 14.9 Å². The fraction of sp³-hybridized carbons (Fsp3) is 0.0833. The Bertz CT molecular complexity index is 1400. The third-order valence-electron chi connectivity index (χ3n) is 5.03. The van der Waals surface area contributed by atoms with E-state index in [-0.39, 0.29) is 6.61 Å². The molecule has 2 heterocycles. The summed E-state index contributed by atoms with van der Waals surface area (Å²) in [5.41, 5.74) is 3.04. The molecule has 33 heavy (non-hydrogen) atoms. The van der Waals surface area contributed by atoms with E-state index in [1.165, 1.54) is 6.21 Å². The molecule has 1 N–H and O–H groups in total. The summed E-state index contributed by atoms with van der Waals surface area (Å²) in [6, 6.07) is 18.2. The molecular formula is C24H15Cl3N2O4. The van der Waals surface area contributed by atoms with Gasteiger partial charge in [-0.05, 0) is 47.2 Å². The van der Waals surface area contributed by atoms with Crippen molar-refractivity contribution in [2.45, 2.75) is 6.10 Å². The first-order chi connectivity index (χ1) is 16.0. The minimum atomic E-state index is -0.835. The molecule has 5 rings (SSSR count). The summed E-state index contributed by atoms with van der Waals surface area (Å²) in [4.78, 5) is 12.5. The zero-order chi connectivity index (χ0) is 22.9. The molecule has 1 aliphatic rings. The third-order valence-corrected chi connectivity index (χ3v) is 6.07. The van der Waals surface area contributed by atoms with Gasteiger partial charge in [0, 0.05) is 5.56 Å². The monoisotopic (exact) mass is 500 g/mol. The zero-order valence-electron chi connectivity index (χ0n) is 16.8. The predicted octanol–water partition coefficient (Wildman–Crippen LogP) is 6.35. The Hall–Kier alpha value is -3.19. The summed E-state index contributed by atoms with van der Waals surface area (Å²) < 4.78 is 17.3. The maximum atomic E-state index is 12.5. The third kappa shape index (κ3) is 4.50. The van der Waals surface area contributed by atoms with E-state index in [2.05, 4.69) is 10.5 Å². The summed E-state index contributed by atoms with van der Waals surface area (Å²) in [5.74, 6) is 1.57. The first kappa shape index (κ1) is 21.6. The number of furan rings is 1. The maximum Gasteiger partial charge on any atom is 0.284 e. The largest absolute Gasteiger partial charge is 0.485 e. The van der Waals surface area contributed by atoms with E-state index in [0.29, 0.717) is 43.7 Å². The maximum absolute atomic E-state index is 12.5. The number of amides is 1. The van der Waals surface area contributed by atoms with Crippen molar-refractivity contribution in [3.05, 3.63) is 81.5 Å². The van der Waals surface area contributed by atoms with Crippen molar-refractivity contribution in [1.82, 2.24) is 5.43 Å². The first-order valence-electron chi connectivity index (χ1n) is 9.88. The number of hydrogen-bond donors (Lipinski definition) is 1. The molecule has 1 unspecified atom stereocenters. The Balaban J connectivity index is 1.24. The van der Waals surface area contributed by atoms with E-state index in [1.54, 1.807) is 24.3 Å². The summed E-state index contributed by atoms with van der Waals surface area (Å²) in [6.07, 6.45) is 0.538. The highest BCUT2D eigenvalue weighted by atomic mass is 35.5. The lowest BCUT2D eigenvalue weighted by Crippen LogP contribution is -2.42. The van der Waals surface area contributed by atoms with Gasteiger partial charge in [0.2, 0.25) is 6.10 Å². The molecule has 0 spiro atoms. The van der Waals surface area contributed by atoms with Gasteiger partial charge in [-0.2, -0.15) is 5.10 Å². The molecule has 166 valence electrons. The van der Waals surface area contributed by atoms with Crippen LogP contribution in [0.5, 0.6) is 11.5 Å². The lowest BCUT2D eigenvalue weighted by Gasteiger charge is -2.25. The molecular weight excluding hydrogens is 487 g/mol. The van der Waals surface area contributed by atoms with Crippen LogP contribution in [0, 0.1) is 0 Å². The molecule has 0 fully saturated rings. The molecule has 0 radical (unpaired) electrons. The van der Waals surface area contributed by atoms with Gasteiger partial charge in [-0.1, -0.05) is 59.1 Å². The lowest BCUT2D eigenvalue weighted by atomic mass is 10.1. The fourth-order valence-corrected chi connectivity index (χ4v) is 4.04. The van der Waals surface area contributed by atoms with E-state index in [9.17, 15) is 4.79 Å². The predicted molar refractivity (Wildman–Crippen MR) is 129 cm³/mol. The Morgan fingerprint density at radius 1 is 0.939 bits per heavy atom. The Morgan fingerprint density at radius 2 is 1.67 bits per heavy atom. The number of halogens is 3. The summed E-state index contributed by atoms with van der Waals surface area (Å²) in [7, 11) is 0. The Labute approximate surface area is 203 Å². The zero-order valence-corrected chi connectivity index (χ0v) is 19.1. The van der Waals surface area contributed by atoms with Crippen molar-refractivity contribution in [2.24, 2.45) is 5.10 Å². The standard InChI is InChI=1S/C24H15Cl3N2O4/c25-17-10-19(27)18(26)9-16(17)20-6-5-15(32-20)11-28-29-24(30)23-12-31-21-7-13-3-1-2-4-14(13)8-22(21)33-23/h1-11,23H,12H2,(H,29,30)/b28-11-. The Morgan fingerprint density at radius 3 is 2.45 bits per heavy atom. The number of ether oxygens (including phenoxy) is 2. The summed E-state index contributed by atoms with van der Waals surface area (Å²) >= 11 is 18.3. The molecule has 0 saturated heterocycles. The Kier molecular flexibility index (Phi) is 5.89. The number of nitrogens with zero attached hydrogens (tertiary/aromatic N) is 1. The molecule has 9 heteroatoms. The summed E-state index contributed by atoms with van der Waals surface area (Å²) in [6.45, 7) is 0.0768. The van der Waals surface area contributed by atoms with Crippen molar-refractivity contribution >= 4 is 57.7 Å². The second-order valence-corrected chi connectivity index (χ2v) is 8.47. The molecule has 1 aromatic heterocycles. The minimum Gasteiger partial charge on any atom is -0.485 e. The van der Waals surface area contributed by atoms with Crippen molar-refractivity contribution < 1.29 is 18.7 Å². The average Bonchev–Trinajstić information content (AvgIpc) is 3.28. The molecule has 6 nitrogen and oxygen atoms in total. The molecule has 3 aromatic carbocycles. The molecule has 1 amide bonds. The van der Waals surface area contributed by atoms with Crippen LogP contribution in [0.4, 0.5) is 0 Å². The van der Waals surface area contributed by atoms with Crippen molar-refractivity contribution in [1.29, 1.82) is 0 Å². The van der Waals surface area contributed by atoms with Gasteiger partial charge < -0.3 is 13.9 Å². The number of hydrogen-bond acceptors (Lipinski definition) is 5. The lowest BCUT2D eigenvalue weighted by molar-refractivity contribution is -0.130. The fourth-order valence-electron chi connectivity index (χ4n) is 3.40. The highest BCUT2D eigenvalue weighted by Crippen LogP contribution is 2.37. The van der Waals surface area contributed by atoms with Crippen LogP contribution >= 0.6 is 34.8 Å². The van der Waals surface area contributed by atoms with Gasteiger partial charge in [0.05, 0.1) is 21.3 Å². The molecule has 0 saturated carbocycles. The van der Waals surface area contributed by atoms with Gasteiger partial charge in [0.15, 0.2) is 11.5 Å². The quantitative estimate of drug-likeness (QED) is 0.201. The number of fused-ring (bicyclic) bond motifs is 2. The number of nitrogens with one attached hydrogen (secondary N) is 1. The van der Waals surface area contributed by atoms with E-state index in [4.69, 9.17) is 48.7 Å². The van der Waals surface area contributed by atoms with Crippen LogP contribution in [0.15, 0.2) is 70.2 Å². The molecule has 0 bridgehead atoms. The number of carbonyl (C=O) groups excluding carboxylic acids is 1. The van der Waals surface area contributed by atoms with E-state index in [0.717, 1.165) is 10.8 Å². The topological polar surface area (TPSA) is 73.1 Å². The van der Waals surface area contributed by atoms with Gasteiger partial charge in [0.1, 0.15) is 18.1 Å². The van der Waals surface area contributed by atoms with Crippen LogP contribution in [0.3, 0.4) is 0 Å². The summed E-state index contributed by atoms with van der Waals surface area (Å²) in [5, 5.41) is 7.09. The normalized spacial score (nSPS) is 15.2. The van der Waals surface area contributed by atoms with Gasteiger partial charge in [-0.15, -0.1) is 0 Å². The minimum absolute atomic E-state index is 0.0768. The van der Waals surface area contributed by atoms with E-state index < -0.39 is 12.0 Å². The second-order valence-electron chi connectivity index (χ2n) is 7.25. The number of rotatable bonds is 4. The van der Waals surface area contributed by atoms with Gasteiger partial charge in [-0.25, -0.2) is 5.43 Å². The van der Waals surface area contributed by atoms with E-state index >= 15 is 0 Å². The first-order valence-corrected chi connectivity index (χ1v) is 11.0. The van der Waals surface area contributed by atoms with Gasteiger partial charge >= 0.3 is 0 Å². The van der Waals surface area contributed by atoms with Gasteiger partial charge in [0.25, 0.3) is 5.91 Å². The molecule has 1 aliphatic heterocycles. The van der Waals surface area contributed by atoms with Crippen molar-refractivity contribution in [2.75, 3.05) is 6.61 Å².